The standard InChI is InChI=1S/C28H35N7O8S2/c1-7-34(10-11-36)19-8-9-22(16(2)12-19)30-23-24(28(4,5)6)33-35-25(31-32-26(23)35)17(3)29-27(37)18-13-20(44(38,39)40)15-21(14-18)45(41,42)43/h8-9,12-15,17,36H,7,10-11H2,1-6H3,(H,29,37)(H,38,39,40)(H,41,42,43). The van der Waals surface area contributed by atoms with Crippen LogP contribution in [0.15, 0.2) is 56.3 Å². The maximum Gasteiger partial charge on any atom is 0.294 e. The van der Waals surface area contributed by atoms with Crippen LogP contribution in [0.1, 0.15) is 68.2 Å². The third-order valence-electron chi connectivity index (χ3n) is 7.01. The number of likely N-dealkylation sites (N-methyl/N-ethyl adjacent to an activating group) is 1. The smallest absolute Gasteiger partial charge is 0.294 e. The molecule has 242 valence electrons. The number of nitrogens with one attached hydrogen (secondary N) is 1. The number of carbonyl (C=O) groups is 1. The number of hydrogen-bond acceptors (Lipinski definition) is 11. The third kappa shape index (κ3) is 7.28. The lowest BCUT2D eigenvalue weighted by molar-refractivity contribution is 0.0937. The summed E-state index contributed by atoms with van der Waals surface area (Å²) in [6.07, 6.45) is 0. The maximum atomic E-state index is 13.1. The molecule has 4 rings (SSSR count). The van der Waals surface area contributed by atoms with Crippen LogP contribution in [0.2, 0.25) is 0 Å². The van der Waals surface area contributed by atoms with Crippen LogP contribution in [-0.2, 0) is 20.2 Å². The molecule has 1 amide bonds. The number of amides is 1. The van der Waals surface area contributed by atoms with E-state index in [2.05, 4.69) is 15.5 Å². The molecule has 3 aromatic rings. The van der Waals surface area contributed by atoms with Gasteiger partial charge in [0, 0.05) is 29.8 Å². The topological polar surface area (TPSA) is 217 Å². The number of carbonyl (C=O) groups excluding carboxylic acids is 1. The number of aryl methyl sites for hydroxylation is 1. The van der Waals surface area contributed by atoms with Crippen molar-refractivity contribution in [2.45, 2.75) is 57.4 Å². The highest BCUT2D eigenvalue weighted by Gasteiger charge is 2.36. The zero-order valence-corrected chi connectivity index (χ0v) is 27.2. The summed E-state index contributed by atoms with van der Waals surface area (Å²) in [6, 6.07) is 6.99. The van der Waals surface area contributed by atoms with Crippen molar-refractivity contribution >= 4 is 48.9 Å². The molecule has 1 aliphatic rings. The molecule has 2 aromatic carbocycles. The van der Waals surface area contributed by atoms with E-state index in [1.165, 1.54) is 4.68 Å². The summed E-state index contributed by atoms with van der Waals surface area (Å²) in [5.41, 5.74) is 2.69. The quantitative estimate of drug-likeness (QED) is 0.232. The number of aliphatic hydroxyl groups excluding tert-OH is 1. The summed E-state index contributed by atoms with van der Waals surface area (Å²) in [5, 5.41) is 25.2. The number of aliphatic imine (C=N–C) groups is 1. The van der Waals surface area contributed by atoms with Gasteiger partial charge in [-0.2, -0.15) is 26.6 Å². The summed E-state index contributed by atoms with van der Waals surface area (Å²) in [7, 11) is -9.83. The molecule has 0 saturated heterocycles. The Morgan fingerprint density at radius 3 is 2.18 bits per heavy atom. The van der Waals surface area contributed by atoms with E-state index in [1.807, 2.05) is 57.7 Å². The van der Waals surface area contributed by atoms with Crippen LogP contribution in [0.25, 0.3) is 0 Å². The zero-order chi connectivity index (χ0) is 33.5. The van der Waals surface area contributed by atoms with E-state index in [0.717, 1.165) is 29.9 Å². The van der Waals surface area contributed by atoms with Crippen LogP contribution in [0.3, 0.4) is 0 Å². The molecular formula is C28H35N7O8S2. The molecule has 0 aliphatic carbocycles. The van der Waals surface area contributed by atoms with E-state index in [-0.39, 0.29) is 12.4 Å². The molecule has 0 spiro atoms. The molecule has 0 radical (unpaired) electrons. The van der Waals surface area contributed by atoms with Gasteiger partial charge in [-0.25, -0.2) is 4.99 Å². The van der Waals surface area contributed by atoms with Gasteiger partial charge in [-0.05, 0) is 62.7 Å². The monoisotopic (exact) mass is 661 g/mol. The number of hydrogen-bond donors (Lipinski definition) is 4. The van der Waals surface area contributed by atoms with Crippen molar-refractivity contribution in [1.29, 1.82) is 0 Å². The molecule has 1 atom stereocenters. The minimum atomic E-state index is -4.91. The highest BCUT2D eigenvalue weighted by molar-refractivity contribution is 7.86. The average molecular weight is 662 g/mol. The van der Waals surface area contributed by atoms with E-state index < -0.39 is 53.0 Å². The Morgan fingerprint density at radius 1 is 1.04 bits per heavy atom. The Balaban J connectivity index is 1.70. The SMILES string of the molecule is CCN(CCO)c1ccc(N=C2C(C(C)(C)C)=Nn3c2nnc3C(C)NC(=O)c2cc(S(=O)(=O)O)cc(S(=O)(=O)O)c2)c(C)c1. The van der Waals surface area contributed by atoms with Gasteiger partial charge in [0.15, 0.2) is 5.82 Å². The van der Waals surface area contributed by atoms with Gasteiger partial charge in [-0.3, -0.25) is 13.9 Å². The summed E-state index contributed by atoms with van der Waals surface area (Å²) in [6.45, 7) is 12.6. The molecular weight excluding hydrogens is 626 g/mol. The number of nitrogens with zero attached hydrogens (tertiary/aromatic N) is 6. The first-order valence-corrected chi connectivity index (χ1v) is 16.7. The Hall–Kier alpha value is -4.03. The second-order valence-electron chi connectivity index (χ2n) is 11.5. The molecule has 15 nitrogen and oxygen atoms in total. The highest BCUT2D eigenvalue weighted by atomic mass is 32.2. The summed E-state index contributed by atoms with van der Waals surface area (Å²) < 4.78 is 67.1. The first-order valence-electron chi connectivity index (χ1n) is 13.9. The zero-order valence-electron chi connectivity index (χ0n) is 25.5. The number of rotatable bonds is 10. The first-order chi connectivity index (χ1) is 20.8. The van der Waals surface area contributed by atoms with Crippen molar-refractivity contribution in [2.24, 2.45) is 15.5 Å². The molecule has 0 saturated carbocycles. The molecule has 4 N–H and O–H groups in total. The lowest BCUT2D eigenvalue weighted by Crippen LogP contribution is -2.29. The van der Waals surface area contributed by atoms with E-state index in [9.17, 15) is 35.8 Å². The Kier molecular flexibility index (Phi) is 9.33. The number of fused-ring (bicyclic) bond motifs is 1. The van der Waals surface area contributed by atoms with E-state index in [1.54, 1.807) is 6.92 Å². The molecule has 45 heavy (non-hydrogen) atoms. The van der Waals surface area contributed by atoms with Crippen LogP contribution >= 0.6 is 0 Å². The second kappa shape index (κ2) is 12.4. The van der Waals surface area contributed by atoms with Gasteiger partial charge in [-0.1, -0.05) is 20.8 Å². The highest BCUT2D eigenvalue weighted by Crippen LogP contribution is 2.31. The fourth-order valence-corrected chi connectivity index (χ4v) is 5.87. The predicted octanol–water partition coefficient (Wildman–Crippen LogP) is 2.77. The van der Waals surface area contributed by atoms with Gasteiger partial charge >= 0.3 is 0 Å². The molecule has 2 heterocycles. The van der Waals surface area contributed by atoms with Crippen molar-refractivity contribution in [3.8, 4) is 0 Å². The van der Waals surface area contributed by atoms with Gasteiger partial charge in [0.2, 0.25) is 5.82 Å². The van der Waals surface area contributed by atoms with Crippen molar-refractivity contribution in [1.82, 2.24) is 20.2 Å². The van der Waals surface area contributed by atoms with Gasteiger partial charge < -0.3 is 15.3 Å². The fourth-order valence-electron chi connectivity index (χ4n) is 4.69. The summed E-state index contributed by atoms with van der Waals surface area (Å²) in [5.74, 6) is -0.377. The normalized spacial score (nSPS) is 15.1. The van der Waals surface area contributed by atoms with Gasteiger partial charge in [0.1, 0.15) is 5.71 Å². The minimum Gasteiger partial charge on any atom is -0.395 e. The van der Waals surface area contributed by atoms with Crippen molar-refractivity contribution in [3.05, 3.63) is 59.2 Å². The lowest BCUT2D eigenvalue weighted by atomic mass is 9.87. The van der Waals surface area contributed by atoms with Crippen molar-refractivity contribution < 1.29 is 35.8 Å². The van der Waals surface area contributed by atoms with Crippen LogP contribution in [0.5, 0.6) is 0 Å². The van der Waals surface area contributed by atoms with Crippen LogP contribution in [-0.4, -0.2) is 82.9 Å². The molecule has 0 bridgehead atoms. The summed E-state index contributed by atoms with van der Waals surface area (Å²) in [4.78, 5) is 18.3. The molecule has 1 unspecified atom stereocenters. The number of aliphatic hydroxyl groups is 1. The van der Waals surface area contributed by atoms with E-state index in [0.29, 0.717) is 35.5 Å². The number of aromatic nitrogens is 3. The van der Waals surface area contributed by atoms with E-state index >= 15 is 0 Å². The number of anilines is 1. The third-order valence-corrected chi connectivity index (χ3v) is 8.68. The van der Waals surface area contributed by atoms with Gasteiger partial charge in [0.05, 0.1) is 33.8 Å². The molecule has 17 heteroatoms. The molecule has 1 aromatic heterocycles. The fraction of sp³-hybridized carbons (Fsp3) is 0.393. The largest absolute Gasteiger partial charge is 0.395 e. The van der Waals surface area contributed by atoms with Gasteiger partial charge in [-0.15, -0.1) is 10.2 Å². The van der Waals surface area contributed by atoms with Crippen LogP contribution in [0.4, 0.5) is 11.4 Å². The van der Waals surface area contributed by atoms with Crippen molar-refractivity contribution in [3.63, 3.8) is 0 Å². The Morgan fingerprint density at radius 2 is 1.67 bits per heavy atom. The van der Waals surface area contributed by atoms with Crippen LogP contribution in [0, 0.1) is 12.3 Å². The lowest BCUT2D eigenvalue weighted by Gasteiger charge is -2.23. The minimum absolute atomic E-state index is 0.0295. The first kappa shape index (κ1) is 33.9. The molecule has 1 aliphatic heterocycles. The van der Waals surface area contributed by atoms with Crippen LogP contribution < -0.4 is 10.2 Å². The Labute approximate surface area is 261 Å². The average Bonchev–Trinajstić information content (AvgIpc) is 3.52. The number of benzene rings is 2. The molecule has 0 fully saturated rings. The predicted molar refractivity (Wildman–Crippen MR) is 167 cm³/mol. The summed E-state index contributed by atoms with van der Waals surface area (Å²) >= 11 is 0. The maximum absolute atomic E-state index is 13.1. The van der Waals surface area contributed by atoms with E-state index in [4.69, 9.17) is 10.1 Å². The van der Waals surface area contributed by atoms with Gasteiger partial charge in [0.25, 0.3) is 26.1 Å². The van der Waals surface area contributed by atoms with Crippen molar-refractivity contribution in [2.75, 3.05) is 24.6 Å². The Bertz CT molecular complexity index is 1880. The second-order valence-corrected chi connectivity index (χ2v) is 14.3.